The van der Waals surface area contributed by atoms with Crippen LogP contribution in [0, 0.1) is 20.8 Å². The fourth-order valence-corrected chi connectivity index (χ4v) is 4.52. The van der Waals surface area contributed by atoms with Crippen LogP contribution in [-0.4, -0.2) is 24.9 Å². The second-order valence-electron chi connectivity index (χ2n) is 7.02. The fraction of sp³-hybridized carbons (Fsp3) is 0.174. The molecule has 0 aliphatic carbocycles. The molecule has 6 nitrogen and oxygen atoms in total. The van der Waals surface area contributed by atoms with Crippen molar-refractivity contribution in [2.45, 2.75) is 20.8 Å². The Balaban J connectivity index is 1.96. The van der Waals surface area contributed by atoms with Crippen molar-refractivity contribution < 1.29 is 19.1 Å². The molecule has 3 aromatic rings. The minimum absolute atomic E-state index is 0.137. The zero-order valence-corrected chi connectivity index (χ0v) is 19.0. The minimum Gasteiger partial charge on any atom is -0.465 e. The van der Waals surface area contributed by atoms with Gasteiger partial charge in [0.2, 0.25) is 0 Å². The van der Waals surface area contributed by atoms with Crippen molar-refractivity contribution >= 4 is 51.4 Å². The van der Waals surface area contributed by atoms with Crippen LogP contribution < -0.4 is 10.6 Å². The Labute approximate surface area is 189 Å². The van der Waals surface area contributed by atoms with Gasteiger partial charge in [0, 0.05) is 5.69 Å². The lowest BCUT2D eigenvalue weighted by molar-refractivity contribution is 0.0601. The molecule has 1 aromatic heterocycles. The number of carbonyl (C=O) groups excluding carboxylic acids is 3. The first-order valence-electron chi connectivity index (χ1n) is 9.38. The Morgan fingerprint density at radius 3 is 2.19 bits per heavy atom. The highest BCUT2D eigenvalue weighted by Crippen LogP contribution is 2.35. The van der Waals surface area contributed by atoms with Gasteiger partial charge in [-0.15, -0.1) is 11.3 Å². The smallest absolute Gasteiger partial charge is 0.341 e. The van der Waals surface area contributed by atoms with E-state index in [9.17, 15) is 14.4 Å². The van der Waals surface area contributed by atoms with Gasteiger partial charge < -0.3 is 15.4 Å². The molecule has 0 aliphatic heterocycles. The number of rotatable bonds is 5. The molecule has 0 saturated carbocycles. The van der Waals surface area contributed by atoms with E-state index in [0.717, 1.165) is 22.5 Å². The van der Waals surface area contributed by atoms with Crippen LogP contribution in [0.3, 0.4) is 0 Å². The first-order valence-corrected chi connectivity index (χ1v) is 10.6. The molecule has 2 N–H and O–H groups in total. The summed E-state index contributed by atoms with van der Waals surface area (Å²) >= 11 is 7.11. The third-order valence-electron chi connectivity index (χ3n) is 4.57. The third-order valence-corrected chi connectivity index (χ3v) is 6.10. The highest BCUT2D eigenvalue weighted by Gasteiger charge is 2.27. The minimum atomic E-state index is -0.645. The summed E-state index contributed by atoms with van der Waals surface area (Å²) in [5, 5.41) is 6.05. The number of esters is 1. The Kier molecular flexibility index (Phi) is 6.77. The Morgan fingerprint density at radius 1 is 0.935 bits per heavy atom. The maximum atomic E-state index is 13.0. The van der Waals surface area contributed by atoms with E-state index in [1.807, 2.05) is 32.0 Å². The van der Waals surface area contributed by atoms with Crippen molar-refractivity contribution in [2.75, 3.05) is 17.7 Å². The molecule has 0 radical (unpaired) electrons. The lowest BCUT2D eigenvalue weighted by atomic mass is 10.1. The van der Waals surface area contributed by atoms with Crippen molar-refractivity contribution in [3.63, 3.8) is 0 Å². The van der Waals surface area contributed by atoms with E-state index in [2.05, 4.69) is 10.6 Å². The van der Waals surface area contributed by atoms with Crippen molar-refractivity contribution in [1.29, 1.82) is 0 Å². The fourth-order valence-electron chi connectivity index (χ4n) is 3.22. The second-order valence-corrected chi connectivity index (χ2v) is 8.44. The molecule has 1 heterocycles. The Bertz CT molecular complexity index is 1170. The average Bonchev–Trinajstić information content (AvgIpc) is 3.02. The van der Waals surface area contributed by atoms with E-state index in [-0.39, 0.29) is 27.1 Å². The first kappa shape index (κ1) is 22.5. The van der Waals surface area contributed by atoms with Gasteiger partial charge in [-0.3, -0.25) is 9.59 Å². The van der Waals surface area contributed by atoms with Crippen LogP contribution in [0.25, 0.3) is 0 Å². The van der Waals surface area contributed by atoms with Crippen LogP contribution in [0.4, 0.5) is 10.7 Å². The third kappa shape index (κ3) is 4.95. The van der Waals surface area contributed by atoms with E-state index in [4.69, 9.17) is 16.3 Å². The maximum Gasteiger partial charge on any atom is 0.341 e. The number of halogens is 1. The van der Waals surface area contributed by atoms with Crippen molar-refractivity contribution in [2.24, 2.45) is 0 Å². The molecule has 0 fully saturated rings. The summed E-state index contributed by atoms with van der Waals surface area (Å²) in [5.41, 5.74) is 3.50. The average molecular weight is 457 g/mol. The van der Waals surface area contributed by atoms with Gasteiger partial charge in [0.05, 0.1) is 28.1 Å². The number of amides is 2. The topological polar surface area (TPSA) is 84.5 Å². The highest BCUT2D eigenvalue weighted by molar-refractivity contribution is 7.19. The summed E-state index contributed by atoms with van der Waals surface area (Å²) in [6.45, 7) is 5.53. The largest absolute Gasteiger partial charge is 0.465 e. The first-order chi connectivity index (χ1) is 14.7. The molecule has 2 amide bonds. The van der Waals surface area contributed by atoms with Gasteiger partial charge in [-0.25, -0.2) is 4.79 Å². The molecule has 8 heteroatoms. The van der Waals surface area contributed by atoms with E-state index >= 15 is 0 Å². The van der Waals surface area contributed by atoms with E-state index in [1.165, 1.54) is 7.11 Å². The number of anilines is 2. The lowest BCUT2D eigenvalue weighted by Gasteiger charge is -2.07. The number of ether oxygens (including phenoxy) is 1. The number of benzene rings is 2. The molecule has 31 heavy (non-hydrogen) atoms. The number of methoxy groups -OCH3 is 1. The van der Waals surface area contributed by atoms with Gasteiger partial charge in [0.25, 0.3) is 11.8 Å². The maximum absolute atomic E-state index is 13.0. The van der Waals surface area contributed by atoms with Gasteiger partial charge in [-0.05, 0) is 61.7 Å². The molecule has 0 bridgehead atoms. The number of aryl methyl sites for hydroxylation is 2. The van der Waals surface area contributed by atoms with Gasteiger partial charge in [0.15, 0.2) is 0 Å². The molecular formula is C23H21ClN2O4S. The van der Waals surface area contributed by atoms with Crippen LogP contribution in [0.15, 0.2) is 42.5 Å². The second kappa shape index (κ2) is 9.32. The SMILES string of the molecule is COC(=O)c1c(NC(=O)c2ccccc2Cl)sc(C(=O)Nc2cc(C)cc(C)c2)c1C. The molecule has 3 rings (SSSR count). The van der Waals surface area contributed by atoms with Gasteiger partial charge in [0.1, 0.15) is 5.00 Å². The van der Waals surface area contributed by atoms with Crippen molar-refractivity contribution in [3.8, 4) is 0 Å². The number of carbonyl (C=O) groups is 3. The molecule has 0 unspecified atom stereocenters. The zero-order valence-electron chi connectivity index (χ0n) is 17.5. The van der Waals surface area contributed by atoms with Gasteiger partial charge in [-0.2, -0.15) is 0 Å². The molecule has 0 atom stereocenters. The van der Waals surface area contributed by atoms with E-state index in [1.54, 1.807) is 31.2 Å². The normalized spacial score (nSPS) is 10.5. The van der Waals surface area contributed by atoms with Crippen LogP contribution in [-0.2, 0) is 4.74 Å². The zero-order chi connectivity index (χ0) is 22.7. The molecule has 0 spiro atoms. The highest BCUT2D eigenvalue weighted by atomic mass is 35.5. The van der Waals surface area contributed by atoms with Gasteiger partial charge >= 0.3 is 5.97 Å². The summed E-state index contributed by atoms with van der Waals surface area (Å²) in [4.78, 5) is 38.4. The predicted molar refractivity (Wildman–Crippen MR) is 124 cm³/mol. The number of nitrogens with one attached hydrogen (secondary N) is 2. The van der Waals surface area contributed by atoms with Crippen molar-refractivity contribution in [1.82, 2.24) is 0 Å². The summed E-state index contributed by atoms with van der Waals surface area (Å²) in [7, 11) is 1.24. The predicted octanol–water partition coefficient (Wildman–Crippen LogP) is 5.62. The van der Waals surface area contributed by atoms with Crippen LogP contribution >= 0.6 is 22.9 Å². The molecule has 2 aromatic carbocycles. The molecule has 0 saturated heterocycles. The van der Waals surface area contributed by atoms with Gasteiger partial charge in [-0.1, -0.05) is 29.8 Å². The summed E-state index contributed by atoms with van der Waals surface area (Å²) < 4.78 is 4.87. The lowest BCUT2D eigenvalue weighted by Crippen LogP contribution is -2.15. The van der Waals surface area contributed by atoms with E-state index in [0.29, 0.717) is 16.1 Å². The number of hydrogen-bond acceptors (Lipinski definition) is 5. The van der Waals surface area contributed by atoms with Crippen LogP contribution in [0.1, 0.15) is 47.1 Å². The van der Waals surface area contributed by atoms with E-state index < -0.39 is 11.9 Å². The monoisotopic (exact) mass is 456 g/mol. The quantitative estimate of drug-likeness (QED) is 0.488. The summed E-state index contributed by atoms with van der Waals surface area (Å²) in [6, 6.07) is 12.3. The Hall–Kier alpha value is -3.16. The molecule has 0 aliphatic rings. The summed E-state index contributed by atoms with van der Waals surface area (Å²) in [6.07, 6.45) is 0. The number of thiophene rings is 1. The van der Waals surface area contributed by atoms with Crippen LogP contribution in [0.5, 0.6) is 0 Å². The standard InChI is InChI=1S/C23H21ClN2O4S/c1-12-9-13(2)11-15(10-12)25-21(28)19-14(3)18(23(29)30-4)22(31-19)26-20(27)16-7-5-6-8-17(16)24/h5-11H,1-4H3,(H,25,28)(H,26,27). The van der Waals surface area contributed by atoms with Crippen molar-refractivity contribution in [3.05, 3.63) is 80.2 Å². The number of hydrogen-bond donors (Lipinski definition) is 2. The molecule has 160 valence electrons. The van der Waals surface area contributed by atoms with Crippen LogP contribution in [0.2, 0.25) is 5.02 Å². The Morgan fingerprint density at radius 2 is 1.58 bits per heavy atom. The molecular weight excluding hydrogens is 436 g/mol. The summed E-state index contributed by atoms with van der Waals surface area (Å²) in [5.74, 6) is -1.51.